The maximum Gasteiger partial charge on any atom is 0.411 e. The third-order valence-corrected chi connectivity index (χ3v) is 2.03. The number of carbonyl (C=O) groups excluding carboxylic acids is 1. The van der Waals surface area contributed by atoms with E-state index in [4.69, 9.17) is 14.6 Å². The first-order valence-electron chi connectivity index (χ1n) is 5.56. The number of hydrogen-bond donors (Lipinski definition) is 2. The number of benzene rings is 1. The minimum absolute atomic E-state index is 0.0417. The molecular formula is C12H17NO5. The summed E-state index contributed by atoms with van der Waals surface area (Å²) in [6, 6.07) is 5.00. The molecule has 0 aliphatic rings. The van der Waals surface area contributed by atoms with Crippen molar-refractivity contribution in [3.63, 3.8) is 0 Å². The number of amides is 1. The van der Waals surface area contributed by atoms with Crippen LogP contribution in [0.25, 0.3) is 0 Å². The summed E-state index contributed by atoms with van der Waals surface area (Å²) < 4.78 is 15.2. The molecule has 0 bridgehead atoms. The third-order valence-electron chi connectivity index (χ3n) is 2.03. The van der Waals surface area contributed by atoms with Crippen molar-refractivity contribution in [2.45, 2.75) is 6.92 Å². The van der Waals surface area contributed by atoms with Crippen LogP contribution in [-0.4, -0.2) is 38.1 Å². The van der Waals surface area contributed by atoms with Crippen molar-refractivity contribution in [1.82, 2.24) is 0 Å². The monoisotopic (exact) mass is 255 g/mol. The number of nitrogens with one attached hydrogen (secondary N) is 1. The fourth-order valence-corrected chi connectivity index (χ4v) is 1.31. The number of ether oxygens (including phenoxy) is 3. The lowest BCUT2D eigenvalue weighted by atomic mass is 10.3. The van der Waals surface area contributed by atoms with Crippen molar-refractivity contribution in [1.29, 1.82) is 0 Å². The van der Waals surface area contributed by atoms with Gasteiger partial charge in [0.25, 0.3) is 0 Å². The molecule has 0 aliphatic heterocycles. The third kappa shape index (κ3) is 4.14. The van der Waals surface area contributed by atoms with E-state index >= 15 is 0 Å². The molecule has 0 radical (unpaired) electrons. The average Bonchev–Trinajstić information content (AvgIpc) is 2.38. The summed E-state index contributed by atoms with van der Waals surface area (Å²) in [6.07, 6.45) is -0.629. The standard InChI is InChI=1S/C12H17NO5/c1-3-17-10-5-4-9(8-11(10)16-2)13-12(15)18-7-6-14/h4-5,8,14H,3,6-7H2,1-2H3,(H,13,15). The van der Waals surface area contributed by atoms with Crippen LogP contribution in [0.5, 0.6) is 11.5 Å². The Morgan fingerprint density at radius 2 is 2.17 bits per heavy atom. The number of hydrogen-bond acceptors (Lipinski definition) is 5. The van der Waals surface area contributed by atoms with Crippen LogP contribution in [0.1, 0.15) is 6.92 Å². The van der Waals surface area contributed by atoms with E-state index in [-0.39, 0.29) is 13.2 Å². The molecule has 0 unspecified atom stereocenters. The highest BCUT2D eigenvalue weighted by Gasteiger charge is 2.08. The molecule has 0 aromatic heterocycles. The number of anilines is 1. The number of aliphatic hydroxyl groups excluding tert-OH is 1. The summed E-state index contributed by atoms with van der Waals surface area (Å²) in [6.45, 7) is 2.15. The van der Waals surface area contributed by atoms with Crippen molar-refractivity contribution in [2.24, 2.45) is 0 Å². The zero-order valence-corrected chi connectivity index (χ0v) is 10.4. The lowest BCUT2D eigenvalue weighted by molar-refractivity contribution is 0.131. The molecule has 0 fully saturated rings. The van der Waals surface area contributed by atoms with Gasteiger partial charge < -0.3 is 19.3 Å². The molecule has 0 spiro atoms. The van der Waals surface area contributed by atoms with E-state index in [0.29, 0.717) is 23.8 Å². The van der Waals surface area contributed by atoms with Crippen LogP contribution in [0.4, 0.5) is 10.5 Å². The molecule has 6 heteroatoms. The van der Waals surface area contributed by atoms with Crippen LogP contribution in [0.15, 0.2) is 18.2 Å². The molecule has 0 saturated heterocycles. The SMILES string of the molecule is CCOc1ccc(NC(=O)OCCO)cc1OC. The summed E-state index contributed by atoms with van der Waals surface area (Å²) >= 11 is 0. The van der Waals surface area contributed by atoms with E-state index in [0.717, 1.165) is 0 Å². The van der Waals surface area contributed by atoms with Crippen LogP contribution >= 0.6 is 0 Å². The van der Waals surface area contributed by atoms with Crippen molar-refractivity contribution < 1.29 is 24.1 Å². The molecule has 0 atom stereocenters. The lowest BCUT2D eigenvalue weighted by Crippen LogP contribution is -2.15. The molecule has 1 rings (SSSR count). The molecule has 0 heterocycles. The zero-order chi connectivity index (χ0) is 13.4. The Balaban J connectivity index is 2.69. The van der Waals surface area contributed by atoms with Gasteiger partial charge in [-0.2, -0.15) is 0 Å². The molecule has 1 amide bonds. The first-order chi connectivity index (χ1) is 8.71. The van der Waals surface area contributed by atoms with E-state index in [2.05, 4.69) is 10.1 Å². The average molecular weight is 255 g/mol. The first kappa shape index (κ1) is 14.1. The molecule has 0 saturated carbocycles. The molecule has 1 aromatic carbocycles. The second kappa shape index (κ2) is 7.39. The van der Waals surface area contributed by atoms with E-state index < -0.39 is 6.09 Å². The molecule has 100 valence electrons. The first-order valence-corrected chi connectivity index (χ1v) is 5.56. The van der Waals surface area contributed by atoms with Gasteiger partial charge in [0.15, 0.2) is 11.5 Å². The van der Waals surface area contributed by atoms with Gasteiger partial charge in [0.1, 0.15) is 6.61 Å². The highest BCUT2D eigenvalue weighted by molar-refractivity contribution is 5.85. The minimum atomic E-state index is -0.629. The Morgan fingerprint density at radius 3 is 2.78 bits per heavy atom. The van der Waals surface area contributed by atoms with Gasteiger partial charge in [0.2, 0.25) is 0 Å². The summed E-state index contributed by atoms with van der Waals surface area (Å²) in [5, 5.41) is 11.0. The van der Waals surface area contributed by atoms with Crippen molar-refractivity contribution in [3.05, 3.63) is 18.2 Å². The number of rotatable bonds is 6. The molecule has 2 N–H and O–H groups in total. The number of aliphatic hydroxyl groups is 1. The smallest absolute Gasteiger partial charge is 0.411 e. The molecule has 0 aliphatic carbocycles. The van der Waals surface area contributed by atoms with E-state index in [1.54, 1.807) is 18.2 Å². The van der Waals surface area contributed by atoms with Crippen molar-refractivity contribution >= 4 is 11.8 Å². The highest BCUT2D eigenvalue weighted by atomic mass is 16.6. The normalized spacial score (nSPS) is 9.72. The van der Waals surface area contributed by atoms with Gasteiger partial charge in [0.05, 0.1) is 20.3 Å². The summed E-state index contributed by atoms with van der Waals surface area (Å²) in [4.78, 5) is 11.3. The lowest BCUT2D eigenvalue weighted by Gasteiger charge is -2.11. The topological polar surface area (TPSA) is 77.0 Å². The van der Waals surface area contributed by atoms with Gasteiger partial charge in [-0.15, -0.1) is 0 Å². The summed E-state index contributed by atoms with van der Waals surface area (Å²) in [5.74, 6) is 1.13. The predicted octanol–water partition coefficient (Wildman–Crippen LogP) is 1.63. The quantitative estimate of drug-likeness (QED) is 0.808. The van der Waals surface area contributed by atoms with Gasteiger partial charge >= 0.3 is 6.09 Å². The maximum absolute atomic E-state index is 11.3. The van der Waals surface area contributed by atoms with Gasteiger partial charge in [0, 0.05) is 11.8 Å². The van der Waals surface area contributed by atoms with Crippen molar-refractivity contribution in [2.75, 3.05) is 32.2 Å². The number of carbonyl (C=O) groups is 1. The van der Waals surface area contributed by atoms with Crippen LogP contribution in [0, 0.1) is 0 Å². The zero-order valence-electron chi connectivity index (χ0n) is 10.4. The Bertz CT molecular complexity index is 394. The number of methoxy groups -OCH3 is 1. The Kier molecular flexibility index (Phi) is 5.79. The van der Waals surface area contributed by atoms with Crippen LogP contribution in [0.3, 0.4) is 0 Å². The Morgan fingerprint density at radius 1 is 1.39 bits per heavy atom. The maximum atomic E-state index is 11.3. The summed E-state index contributed by atoms with van der Waals surface area (Å²) in [7, 11) is 1.52. The van der Waals surface area contributed by atoms with Gasteiger partial charge in [-0.1, -0.05) is 0 Å². The fraction of sp³-hybridized carbons (Fsp3) is 0.417. The second-order valence-electron chi connectivity index (χ2n) is 3.28. The van der Waals surface area contributed by atoms with E-state index in [9.17, 15) is 4.79 Å². The summed E-state index contributed by atoms with van der Waals surface area (Å²) in [5.41, 5.74) is 0.526. The largest absolute Gasteiger partial charge is 0.493 e. The molecule has 6 nitrogen and oxygen atoms in total. The molecular weight excluding hydrogens is 238 g/mol. The minimum Gasteiger partial charge on any atom is -0.493 e. The van der Waals surface area contributed by atoms with E-state index in [1.807, 2.05) is 6.92 Å². The van der Waals surface area contributed by atoms with Gasteiger partial charge in [-0.05, 0) is 19.1 Å². The van der Waals surface area contributed by atoms with Crippen LogP contribution in [-0.2, 0) is 4.74 Å². The van der Waals surface area contributed by atoms with E-state index in [1.165, 1.54) is 7.11 Å². The van der Waals surface area contributed by atoms with Crippen LogP contribution in [0.2, 0.25) is 0 Å². The van der Waals surface area contributed by atoms with Gasteiger partial charge in [-0.25, -0.2) is 4.79 Å². The van der Waals surface area contributed by atoms with Gasteiger partial charge in [-0.3, -0.25) is 5.32 Å². The van der Waals surface area contributed by atoms with Crippen LogP contribution < -0.4 is 14.8 Å². The fourth-order valence-electron chi connectivity index (χ4n) is 1.31. The Hall–Kier alpha value is -1.95. The molecule has 1 aromatic rings. The predicted molar refractivity (Wildman–Crippen MR) is 66.2 cm³/mol. The second-order valence-corrected chi connectivity index (χ2v) is 3.28. The highest BCUT2D eigenvalue weighted by Crippen LogP contribution is 2.30. The molecule has 18 heavy (non-hydrogen) atoms. The Labute approximate surface area is 105 Å². The van der Waals surface area contributed by atoms with Crippen molar-refractivity contribution in [3.8, 4) is 11.5 Å².